The second-order valence-corrected chi connectivity index (χ2v) is 6.35. The minimum Gasteiger partial charge on any atom is -0.478 e. The van der Waals surface area contributed by atoms with E-state index in [4.69, 9.17) is 5.11 Å². The van der Waals surface area contributed by atoms with E-state index in [1.807, 2.05) is 0 Å². The minimum absolute atomic E-state index is 0.259. The van der Waals surface area contributed by atoms with Crippen LogP contribution in [0.5, 0.6) is 0 Å². The van der Waals surface area contributed by atoms with Gasteiger partial charge in [0.25, 0.3) is 0 Å². The lowest BCUT2D eigenvalue weighted by Crippen LogP contribution is -2.14. The highest BCUT2D eigenvalue weighted by molar-refractivity contribution is 5.88. The van der Waals surface area contributed by atoms with Crippen molar-refractivity contribution in [3.8, 4) is 0 Å². The molecule has 5 nitrogen and oxygen atoms in total. The van der Waals surface area contributed by atoms with Gasteiger partial charge in [-0.3, -0.25) is 0 Å². The molecule has 2 aromatic rings. The average molecular weight is 301 g/mol. The zero-order valence-corrected chi connectivity index (χ0v) is 13.0. The summed E-state index contributed by atoms with van der Waals surface area (Å²) in [7, 11) is 0. The Morgan fingerprint density at radius 2 is 2.14 bits per heavy atom. The molecule has 1 N–H and O–H groups in total. The number of rotatable bonds is 5. The highest BCUT2D eigenvalue weighted by Gasteiger charge is 2.25. The van der Waals surface area contributed by atoms with Gasteiger partial charge in [0.05, 0.1) is 5.56 Å². The van der Waals surface area contributed by atoms with Crippen molar-refractivity contribution >= 4 is 11.6 Å². The Hall–Kier alpha value is -1.91. The first kappa shape index (κ1) is 15.0. The molecule has 0 unspecified atom stereocenters. The van der Waals surface area contributed by atoms with Crippen molar-refractivity contribution in [3.63, 3.8) is 0 Å². The van der Waals surface area contributed by atoms with E-state index in [0.29, 0.717) is 11.6 Å². The van der Waals surface area contributed by atoms with Crippen LogP contribution in [0.25, 0.3) is 5.65 Å². The number of unbranched alkanes of at least 4 members (excludes halogenated alkanes) is 1. The Bertz CT molecular complexity index is 657. The van der Waals surface area contributed by atoms with Crippen molar-refractivity contribution in [3.05, 3.63) is 29.7 Å². The SMILES string of the molecule is CCCCC1CCC(c2nc3cc(C(=O)O)ccn3n2)CC1. The van der Waals surface area contributed by atoms with E-state index in [1.54, 1.807) is 22.8 Å². The van der Waals surface area contributed by atoms with Crippen LogP contribution in [0.15, 0.2) is 18.3 Å². The third kappa shape index (κ3) is 3.13. The molecule has 5 heteroatoms. The molecule has 0 radical (unpaired) electrons. The Balaban J connectivity index is 1.70. The van der Waals surface area contributed by atoms with E-state index in [0.717, 1.165) is 24.6 Å². The van der Waals surface area contributed by atoms with Crippen molar-refractivity contribution in [1.29, 1.82) is 0 Å². The number of aromatic nitrogens is 3. The van der Waals surface area contributed by atoms with Crippen LogP contribution in [0, 0.1) is 5.92 Å². The molecule has 0 saturated heterocycles. The van der Waals surface area contributed by atoms with Crippen molar-refractivity contribution in [2.45, 2.75) is 57.8 Å². The fraction of sp³-hybridized carbons (Fsp3) is 0.588. The predicted octanol–water partition coefficient (Wildman–Crippen LogP) is 3.89. The third-order valence-electron chi connectivity index (χ3n) is 4.78. The predicted molar refractivity (Wildman–Crippen MR) is 84.2 cm³/mol. The number of fused-ring (bicyclic) bond motifs is 1. The van der Waals surface area contributed by atoms with Gasteiger partial charge in [-0.15, -0.1) is 0 Å². The summed E-state index contributed by atoms with van der Waals surface area (Å²) in [5.41, 5.74) is 0.887. The van der Waals surface area contributed by atoms with Crippen LogP contribution >= 0.6 is 0 Å². The molecule has 22 heavy (non-hydrogen) atoms. The summed E-state index contributed by atoms with van der Waals surface area (Å²) in [6, 6.07) is 3.15. The molecule has 0 bridgehead atoms. The fourth-order valence-electron chi connectivity index (χ4n) is 3.41. The summed E-state index contributed by atoms with van der Waals surface area (Å²) in [6.45, 7) is 2.25. The highest BCUT2D eigenvalue weighted by atomic mass is 16.4. The molecular formula is C17H23N3O2. The van der Waals surface area contributed by atoms with Crippen LogP contribution in [-0.2, 0) is 0 Å². The third-order valence-corrected chi connectivity index (χ3v) is 4.78. The number of nitrogens with zero attached hydrogens (tertiary/aromatic N) is 3. The first-order valence-electron chi connectivity index (χ1n) is 8.27. The van der Waals surface area contributed by atoms with E-state index >= 15 is 0 Å². The largest absolute Gasteiger partial charge is 0.478 e. The van der Waals surface area contributed by atoms with Gasteiger partial charge in [0.2, 0.25) is 0 Å². The van der Waals surface area contributed by atoms with Crippen LogP contribution in [0.4, 0.5) is 0 Å². The second-order valence-electron chi connectivity index (χ2n) is 6.35. The molecule has 1 aliphatic rings. The quantitative estimate of drug-likeness (QED) is 0.909. The van der Waals surface area contributed by atoms with E-state index in [9.17, 15) is 4.79 Å². The molecule has 1 aliphatic carbocycles. The van der Waals surface area contributed by atoms with Crippen molar-refractivity contribution < 1.29 is 9.90 Å². The molecule has 2 aromatic heterocycles. The number of carbonyl (C=O) groups is 1. The minimum atomic E-state index is -0.927. The Morgan fingerprint density at radius 1 is 1.36 bits per heavy atom. The van der Waals surface area contributed by atoms with Crippen LogP contribution in [0.1, 0.15) is 74.0 Å². The Labute approximate surface area is 130 Å². The molecule has 0 aliphatic heterocycles. The van der Waals surface area contributed by atoms with Crippen molar-refractivity contribution in [1.82, 2.24) is 14.6 Å². The number of hydrogen-bond acceptors (Lipinski definition) is 3. The van der Waals surface area contributed by atoms with Crippen LogP contribution in [-0.4, -0.2) is 25.7 Å². The van der Waals surface area contributed by atoms with Gasteiger partial charge >= 0.3 is 5.97 Å². The maximum absolute atomic E-state index is 11.0. The lowest BCUT2D eigenvalue weighted by Gasteiger charge is -2.26. The van der Waals surface area contributed by atoms with Crippen LogP contribution in [0.3, 0.4) is 0 Å². The summed E-state index contributed by atoms with van der Waals surface area (Å²) >= 11 is 0. The second kappa shape index (κ2) is 6.46. The molecule has 118 valence electrons. The van der Waals surface area contributed by atoms with Gasteiger partial charge in [0.1, 0.15) is 0 Å². The molecule has 1 saturated carbocycles. The lowest BCUT2D eigenvalue weighted by molar-refractivity contribution is 0.0697. The zero-order valence-electron chi connectivity index (χ0n) is 13.0. The monoisotopic (exact) mass is 301 g/mol. The number of pyridine rings is 1. The maximum atomic E-state index is 11.0. The van der Waals surface area contributed by atoms with Crippen molar-refractivity contribution in [2.75, 3.05) is 0 Å². The molecule has 2 heterocycles. The van der Waals surface area contributed by atoms with Crippen LogP contribution in [0.2, 0.25) is 0 Å². The van der Waals surface area contributed by atoms with E-state index < -0.39 is 5.97 Å². The summed E-state index contributed by atoms with van der Waals surface area (Å²) in [5, 5.41) is 13.6. The average Bonchev–Trinajstić information content (AvgIpc) is 2.96. The van der Waals surface area contributed by atoms with Gasteiger partial charge in [-0.05, 0) is 43.7 Å². The van der Waals surface area contributed by atoms with E-state index in [1.165, 1.54) is 32.1 Å². The first-order valence-corrected chi connectivity index (χ1v) is 8.27. The van der Waals surface area contributed by atoms with Gasteiger partial charge in [-0.25, -0.2) is 14.3 Å². The smallest absolute Gasteiger partial charge is 0.335 e. The standard InChI is InChI=1S/C17H23N3O2/c1-2-3-4-12-5-7-13(8-6-12)16-18-15-11-14(17(21)22)9-10-20(15)19-16/h9-13H,2-8H2,1H3,(H,21,22). The van der Waals surface area contributed by atoms with Gasteiger partial charge in [-0.2, -0.15) is 5.10 Å². The summed E-state index contributed by atoms with van der Waals surface area (Å²) in [6.07, 6.45) is 10.5. The molecule has 0 spiro atoms. The van der Waals surface area contributed by atoms with Gasteiger partial charge < -0.3 is 5.11 Å². The van der Waals surface area contributed by atoms with Gasteiger partial charge in [0, 0.05) is 12.1 Å². The number of carboxylic acids is 1. The normalized spacial score (nSPS) is 22.0. The first-order chi connectivity index (χ1) is 10.7. The van der Waals surface area contributed by atoms with E-state index in [-0.39, 0.29) is 5.56 Å². The van der Waals surface area contributed by atoms with Crippen LogP contribution < -0.4 is 0 Å². The summed E-state index contributed by atoms with van der Waals surface area (Å²) in [5.74, 6) is 1.23. The maximum Gasteiger partial charge on any atom is 0.335 e. The zero-order chi connectivity index (χ0) is 15.5. The molecule has 1 fully saturated rings. The Morgan fingerprint density at radius 3 is 2.82 bits per heavy atom. The summed E-state index contributed by atoms with van der Waals surface area (Å²) < 4.78 is 1.69. The van der Waals surface area contributed by atoms with Gasteiger partial charge in [0.15, 0.2) is 11.5 Å². The van der Waals surface area contributed by atoms with Crippen molar-refractivity contribution in [2.24, 2.45) is 5.92 Å². The van der Waals surface area contributed by atoms with Gasteiger partial charge in [-0.1, -0.05) is 26.2 Å². The summed E-state index contributed by atoms with van der Waals surface area (Å²) in [4.78, 5) is 15.6. The molecule has 0 atom stereocenters. The Kier molecular flexibility index (Phi) is 4.41. The number of hydrogen-bond donors (Lipinski definition) is 1. The van der Waals surface area contributed by atoms with E-state index in [2.05, 4.69) is 17.0 Å². The molecule has 0 aromatic carbocycles. The molecular weight excluding hydrogens is 278 g/mol. The molecule has 0 amide bonds. The molecule has 3 rings (SSSR count). The fourth-order valence-corrected chi connectivity index (χ4v) is 3.41. The topological polar surface area (TPSA) is 67.5 Å². The lowest BCUT2D eigenvalue weighted by atomic mass is 9.79. The number of carboxylic acid groups (broad SMARTS) is 1. The number of aromatic carboxylic acids is 1. The highest BCUT2D eigenvalue weighted by Crippen LogP contribution is 2.36.